The van der Waals surface area contributed by atoms with Gasteiger partial charge in [0.2, 0.25) is 0 Å². The van der Waals surface area contributed by atoms with Gasteiger partial charge < -0.3 is 15.0 Å². The van der Waals surface area contributed by atoms with Crippen LogP contribution in [-0.4, -0.2) is 49.7 Å². The highest BCUT2D eigenvalue weighted by molar-refractivity contribution is 7.92. The number of carbonyl (C=O) groups is 2. The lowest BCUT2D eigenvalue weighted by Gasteiger charge is -2.11. The van der Waals surface area contributed by atoms with Crippen LogP contribution < -0.4 is 10.1 Å². The molecule has 0 aliphatic rings. The number of sulfone groups is 1. The molecule has 0 radical (unpaired) electrons. The van der Waals surface area contributed by atoms with Crippen LogP contribution in [-0.2, 0) is 16.3 Å². The number of aromatic amines is 1. The van der Waals surface area contributed by atoms with Gasteiger partial charge in [-0.2, -0.15) is 0 Å². The molecule has 5 rings (SSSR count). The van der Waals surface area contributed by atoms with Crippen molar-refractivity contribution < 1.29 is 22.7 Å². The van der Waals surface area contributed by atoms with E-state index in [1.54, 1.807) is 18.2 Å². The Labute approximate surface area is 268 Å². The monoisotopic (exact) mass is 642 g/mol. The molecular weight excluding hydrogens is 608 g/mol. The molecule has 0 saturated heterocycles. The maximum Gasteiger partial charge on any atom is 0.251 e. The van der Waals surface area contributed by atoms with Crippen molar-refractivity contribution in [3.63, 3.8) is 0 Å². The number of hydrogen-bond donors (Lipinski definition) is 2. The highest BCUT2D eigenvalue weighted by Gasteiger charge is 2.23. The van der Waals surface area contributed by atoms with E-state index in [9.17, 15) is 18.0 Å². The highest BCUT2D eigenvalue weighted by Crippen LogP contribution is 2.27. The molecule has 2 N–H and O–H groups in total. The second-order valence-corrected chi connectivity index (χ2v) is 13.6. The minimum absolute atomic E-state index is 0.107. The van der Waals surface area contributed by atoms with Crippen LogP contribution in [0.15, 0.2) is 91.0 Å². The van der Waals surface area contributed by atoms with E-state index in [-0.39, 0.29) is 18.2 Å². The number of fused-ring (bicyclic) bond motifs is 1. The van der Waals surface area contributed by atoms with Crippen molar-refractivity contribution in [2.24, 2.45) is 0 Å². The average Bonchev–Trinajstić information content (AvgIpc) is 3.41. The van der Waals surface area contributed by atoms with E-state index in [0.717, 1.165) is 49.5 Å². The molecule has 5 aromatic rings. The number of rotatable bonds is 13. The topological polar surface area (TPSA) is 105 Å². The van der Waals surface area contributed by atoms with Crippen molar-refractivity contribution in [2.75, 3.05) is 24.7 Å². The zero-order chi connectivity index (χ0) is 32.0. The van der Waals surface area contributed by atoms with Gasteiger partial charge in [0, 0.05) is 28.0 Å². The Bertz CT molecular complexity index is 1930. The number of hydrogen-bond acceptors (Lipinski definition) is 5. The van der Waals surface area contributed by atoms with E-state index in [1.807, 2.05) is 86.6 Å². The molecule has 0 bridgehead atoms. The summed E-state index contributed by atoms with van der Waals surface area (Å²) in [5.74, 6) is -1.17. The molecule has 1 heterocycles. The quantitative estimate of drug-likeness (QED) is 0.105. The molecule has 0 unspecified atom stereocenters. The van der Waals surface area contributed by atoms with Crippen LogP contribution in [0.1, 0.15) is 44.0 Å². The van der Waals surface area contributed by atoms with Gasteiger partial charge in [0.05, 0.1) is 18.1 Å². The van der Waals surface area contributed by atoms with Gasteiger partial charge in [0.15, 0.2) is 15.6 Å². The third-order valence-corrected chi connectivity index (χ3v) is 9.75. The minimum Gasteiger partial charge on any atom is -0.494 e. The van der Waals surface area contributed by atoms with Crippen LogP contribution in [0.5, 0.6) is 5.75 Å². The van der Waals surface area contributed by atoms with E-state index < -0.39 is 21.4 Å². The predicted octanol–water partition coefficient (Wildman–Crippen LogP) is 7.14. The Morgan fingerprint density at radius 2 is 1.56 bits per heavy atom. The standard InChI is InChI=1S/C36H35ClN2O5S/c1-24-20-29(21-25(2)34(24)37)44-18-9-15-31-30-14-6-7-16-32(30)39-35(31)33(40)23-45(42,43)19-17-38-36(41)28-13-8-12-27(22-28)26-10-4-3-5-11-26/h3-8,10-14,16,20-22,39H,9,15,17-19,23H2,1-2H3,(H,38,41). The number of carbonyl (C=O) groups excluding carboxylic acids is 2. The first-order chi connectivity index (χ1) is 21.6. The number of para-hydroxylation sites is 1. The molecule has 1 aromatic heterocycles. The molecule has 0 spiro atoms. The van der Waals surface area contributed by atoms with Gasteiger partial charge in [-0.25, -0.2) is 8.42 Å². The van der Waals surface area contributed by atoms with Crippen LogP contribution in [0.4, 0.5) is 0 Å². The highest BCUT2D eigenvalue weighted by atomic mass is 35.5. The van der Waals surface area contributed by atoms with Gasteiger partial charge >= 0.3 is 0 Å². The molecule has 1 amide bonds. The van der Waals surface area contributed by atoms with E-state index in [2.05, 4.69) is 10.3 Å². The van der Waals surface area contributed by atoms with Gasteiger partial charge in [-0.05, 0) is 84.8 Å². The van der Waals surface area contributed by atoms with Crippen molar-refractivity contribution >= 4 is 44.0 Å². The lowest BCUT2D eigenvalue weighted by Crippen LogP contribution is -2.31. The van der Waals surface area contributed by atoms with Crippen molar-refractivity contribution in [2.45, 2.75) is 26.7 Å². The Morgan fingerprint density at radius 1 is 0.867 bits per heavy atom. The lowest BCUT2D eigenvalue weighted by atomic mass is 10.0. The number of nitrogens with one attached hydrogen (secondary N) is 2. The van der Waals surface area contributed by atoms with Crippen molar-refractivity contribution in [3.8, 4) is 16.9 Å². The normalized spacial score (nSPS) is 11.4. The van der Waals surface area contributed by atoms with Crippen LogP contribution in [0.25, 0.3) is 22.0 Å². The number of aromatic nitrogens is 1. The molecule has 0 atom stereocenters. The van der Waals surface area contributed by atoms with Crippen LogP contribution in [0.3, 0.4) is 0 Å². The van der Waals surface area contributed by atoms with E-state index in [4.69, 9.17) is 16.3 Å². The molecule has 0 aliphatic heterocycles. The third kappa shape index (κ3) is 8.01. The lowest BCUT2D eigenvalue weighted by molar-refractivity contribution is 0.0955. The molecule has 0 saturated carbocycles. The summed E-state index contributed by atoms with van der Waals surface area (Å²) < 4.78 is 31.9. The zero-order valence-corrected chi connectivity index (χ0v) is 26.8. The summed E-state index contributed by atoms with van der Waals surface area (Å²) in [4.78, 5) is 29.3. The smallest absolute Gasteiger partial charge is 0.251 e. The summed E-state index contributed by atoms with van der Waals surface area (Å²) in [5.41, 5.74) is 6.00. The minimum atomic E-state index is -3.80. The summed E-state index contributed by atoms with van der Waals surface area (Å²) in [5, 5.41) is 4.27. The molecule has 4 aromatic carbocycles. The fourth-order valence-corrected chi connectivity index (χ4v) is 6.57. The number of benzene rings is 4. The Morgan fingerprint density at radius 3 is 2.31 bits per heavy atom. The second kappa shape index (κ2) is 14.1. The predicted molar refractivity (Wildman–Crippen MR) is 180 cm³/mol. The Kier molecular flexibility index (Phi) is 10.1. The first-order valence-electron chi connectivity index (χ1n) is 14.8. The molecule has 9 heteroatoms. The Hall–Kier alpha value is -4.40. The largest absolute Gasteiger partial charge is 0.494 e. The molecular formula is C36H35ClN2O5S. The van der Waals surface area contributed by atoms with Crippen LogP contribution >= 0.6 is 11.6 Å². The molecule has 0 aliphatic carbocycles. The van der Waals surface area contributed by atoms with E-state index in [1.165, 1.54) is 0 Å². The maximum atomic E-state index is 13.4. The number of aryl methyl sites for hydroxylation is 3. The first-order valence-corrected chi connectivity index (χ1v) is 17.0. The summed E-state index contributed by atoms with van der Waals surface area (Å²) in [6, 6.07) is 28.1. The summed E-state index contributed by atoms with van der Waals surface area (Å²) in [6.07, 6.45) is 1.14. The van der Waals surface area contributed by atoms with Gasteiger partial charge in [0.25, 0.3) is 5.91 Å². The van der Waals surface area contributed by atoms with Crippen LogP contribution in [0.2, 0.25) is 5.02 Å². The number of ether oxygens (including phenoxy) is 1. The molecule has 0 fully saturated rings. The fraction of sp³-hybridized carbons (Fsp3) is 0.222. The summed E-state index contributed by atoms with van der Waals surface area (Å²) in [6.45, 7) is 4.17. The summed E-state index contributed by atoms with van der Waals surface area (Å²) >= 11 is 6.27. The number of amides is 1. The molecule has 7 nitrogen and oxygen atoms in total. The van der Waals surface area contributed by atoms with Gasteiger partial charge in [-0.15, -0.1) is 0 Å². The molecule has 232 valence electrons. The number of halogens is 1. The number of ketones is 1. The number of H-pyrrole nitrogens is 1. The zero-order valence-electron chi connectivity index (χ0n) is 25.2. The van der Waals surface area contributed by atoms with Crippen molar-refractivity contribution in [1.82, 2.24) is 10.3 Å². The summed E-state index contributed by atoms with van der Waals surface area (Å²) in [7, 11) is -3.80. The SMILES string of the molecule is Cc1cc(OCCCc2c(C(=O)CS(=O)(=O)CCNC(=O)c3cccc(-c4ccccc4)c3)[nH]c3ccccc23)cc(C)c1Cl. The van der Waals surface area contributed by atoms with Crippen molar-refractivity contribution in [3.05, 3.63) is 124 Å². The average molecular weight is 643 g/mol. The number of Topliss-reactive ketones (excluding diaryl/α,β-unsaturated/α-hetero) is 1. The first kappa shape index (κ1) is 32.0. The van der Waals surface area contributed by atoms with Crippen LogP contribution in [0, 0.1) is 13.8 Å². The van der Waals surface area contributed by atoms with E-state index >= 15 is 0 Å². The Balaban J connectivity index is 1.19. The maximum absolute atomic E-state index is 13.4. The van der Waals surface area contributed by atoms with Gasteiger partial charge in [-0.1, -0.05) is 72.3 Å². The fourth-order valence-electron chi connectivity index (χ4n) is 5.36. The van der Waals surface area contributed by atoms with Crippen molar-refractivity contribution in [1.29, 1.82) is 0 Å². The van der Waals surface area contributed by atoms with Gasteiger partial charge in [0.1, 0.15) is 11.5 Å². The van der Waals surface area contributed by atoms with E-state index in [0.29, 0.717) is 30.7 Å². The second-order valence-electron chi connectivity index (χ2n) is 11.1. The molecule has 45 heavy (non-hydrogen) atoms. The van der Waals surface area contributed by atoms with Gasteiger partial charge in [-0.3, -0.25) is 9.59 Å². The third-order valence-electron chi connectivity index (χ3n) is 7.62.